The van der Waals surface area contributed by atoms with Crippen molar-refractivity contribution in [2.24, 2.45) is 0 Å². The Morgan fingerprint density at radius 3 is 2.47 bits per heavy atom. The second kappa shape index (κ2) is 5.67. The van der Waals surface area contributed by atoms with Gasteiger partial charge in [-0.25, -0.2) is 0 Å². The Labute approximate surface area is 114 Å². The van der Waals surface area contributed by atoms with E-state index in [0.29, 0.717) is 20.7 Å². The number of benzene rings is 1. The van der Waals surface area contributed by atoms with Crippen LogP contribution in [-0.2, 0) is 6.42 Å². The molecule has 0 bridgehead atoms. The lowest BCUT2D eigenvalue weighted by Crippen LogP contribution is -2.00. The lowest BCUT2D eigenvalue weighted by Gasteiger charge is -2.00. The van der Waals surface area contributed by atoms with E-state index >= 15 is 0 Å². The summed E-state index contributed by atoms with van der Waals surface area (Å²) in [6.07, 6.45) is 1.18. The molecule has 88 valence electrons. The smallest absolute Gasteiger partial charge is 0.165 e. The Balaban J connectivity index is 2.01. The van der Waals surface area contributed by atoms with E-state index in [1.54, 1.807) is 6.07 Å². The Morgan fingerprint density at radius 2 is 1.88 bits per heavy atom. The largest absolute Gasteiger partial charge is 0.294 e. The van der Waals surface area contributed by atoms with E-state index in [1.807, 2.05) is 30.3 Å². The van der Waals surface area contributed by atoms with E-state index in [9.17, 15) is 4.79 Å². The van der Waals surface area contributed by atoms with Gasteiger partial charge in [-0.15, -0.1) is 11.3 Å². The molecule has 17 heavy (non-hydrogen) atoms. The molecule has 1 heterocycles. The van der Waals surface area contributed by atoms with Crippen LogP contribution in [0, 0.1) is 0 Å². The minimum atomic E-state index is 0.0435. The molecular weight excluding hydrogens is 275 g/mol. The highest BCUT2D eigenvalue weighted by Crippen LogP contribution is 2.32. The Hall–Kier alpha value is -0.830. The molecule has 1 aromatic heterocycles. The van der Waals surface area contributed by atoms with Crippen LogP contribution < -0.4 is 0 Å². The molecule has 0 aliphatic carbocycles. The summed E-state index contributed by atoms with van der Waals surface area (Å²) in [7, 11) is 0. The summed E-state index contributed by atoms with van der Waals surface area (Å²) in [5, 5.41) is 0. The molecule has 0 spiro atoms. The number of thiophene rings is 1. The van der Waals surface area contributed by atoms with Crippen LogP contribution in [0.1, 0.15) is 22.3 Å². The maximum atomic E-state index is 11.9. The number of hydrogen-bond acceptors (Lipinski definition) is 2. The van der Waals surface area contributed by atoms with Gasteiger partial charge < -0.3 is 0 Å². The summed E-state index contributed by atoms with van der Waals surface area (Å²) >= 11 is 13.0. The number of carbonyl (C=O) groups excluding carboxylic acids is 1. The van der Waals surface area contributed by atoms with Crippen molar-refractivity contribution in [3.63, 3.8) is 0 Å². The third kappa shape index (κ3) is 3.32. The van der Waals surface area contributed by atoms with E-state index in [4.69, 9.17) is 23.2 Å². The first-order chi connectivity index (χ1) is 8.16. The molecule has 0 unspecified atom stereocenters. The zero-order valence-electron chi connectivity index (χ0n) is 8.95. The number of rotatable bonds is 4. The second-order valence-corrected chi connectivity index (χ2v) is 5.93. The fourth-order valence-corrected chi connectivity index (χ4v) is 3.07. The van der Waals surface area contributed by atoms with Crippen molar-refractivity contribution in [3.8, 4) is 0 Å². The molecule has 0 N–H and O–H groups in total. The van der Waals surface area contributed by atoms with Gasteiger partial charge >= 0.3 is 0 Å². The molecule has 1 aromatic carbocycles. The topological polar surface area (TPSA) is 17.1 Å². The summed E-state index contributed by atoms with van der Waals surface area (Å²) in [5.74, 6) is 0.0435. The van der Waals surface area contributed by atoms with Crippen LogP contribution in [0.2, 0.25) is 8.67 Å². The van der Waals surface area contributed by atoms with Gasteiger partial charge in [0.25, 0.3) is 0 Å². The van der Waals surface area contributed by atoms with E-state index < -0.39 is 0 Å². The molecule has 0 atom stereocenters. The number of aryl methyl sites for hydroxylation is 1. The first kappa shape index (κ1) is 12.6. The second-order valence-electron chi connectivity index (χ2n) is 3.65. The molecule has 2 rings (SSSR count). The lowest BCUT2D eigenvalue weighted by molar-refractivity contribution is 0.0983. The predicted octanol–water partition coefficient (Wildman–Crippen LogP) is 4.87. The van der Waals surface area contributed by atoms with E-state index in [-0.39, 0.29) is 5.78 Å². The summed E-state index contributed by atoms with van der Waals surface area (Å²) < 4.78 is 1.03. The van der Waals surface area contributed by atoms with Crippen LogP contribution >= 0.6 is 34.5 Å². The van der Waals surface area contributed by atoms with E-state index in [2.05, 4.69) is 0 Å². The Bertz CT molecular complexity index is 519. The predicted molar refractivity (Wildman–Crippen MR) is 73.4 cm³/mol. The van der Waals surface area contributed by atoms with Gasteiger partial charge in [-0.05, 0) is 18.1 Å². The van der Waals surface area contributed by atoms with Crippen LogP contribution in [0.4, 0.5) is 0 Å². The molecule has 0 amide bonds. The third-order valence-electron chi connectivity index (χ3n) is 2.44. The molecule has 1 nitrogen and oxygen atoms in total. The normalized spacial score (nSPS) is 10.5. The fraction of sp³-hybridized carbons (Fsp3) is 0.154. The molecule has 0 radical (unpaired) electrons. The molecule has 2 aromatic rings. The number of halogens is 2. The van der Waals surface area contributed by atoms with Crippen LogP contribution in [0.15, 0.2) is 36.4 Å². The number of Topliss-reactive ketones (excluding diaryl/α,β-unsaturated/α-hetero) is 1. The minimum absolute atomic E-state index is 0.0435. The van der Waals surface area contributed by atoms with Crippen LogP contribution in [0.25, 0.3) is 0 Å². The molecule has 4 heteroatoms. The fourth-order valence-electron chi connectivity index (χ4n) is 1.57. The molecule has 0 fully saturated rings. The van der Waals surface area contributed by atoms with Crippen LogP contribution in [0.3, 0.4) is 0 Å². The molecule has 0 aliphatic rings. The lowest BCUT2D eigenvalue weighted by atomic mass is 10.1. The number of carbonyl (C=O) groups is 1. The molecule has 0 saturated heterocycles. The van der Waals surface area contributed by atoms with Gasteiger partial charge in [-0.3, -0.25) is 4.79 Å². The van der Waals surface area contributed by atoms with Crippen LogP contribution in [0.5, 0.6) is 0 Å². The van der Waals surface area contributed by atoms with Gasteiger partial charge in [-0.2, -0.15) is 0 Å². The molecule has 0 aliphatic heterocycles. The standard InChI is InChI=1S/C13H10Cl2OS/c14-12-8-10(13(15)17-12)11(16)7-6-9-4-2-1-3-5-9/h1-5,8H,6-7H2. The Kier molecular flexibility index (Phi) is 4.21. The van der Waals surface area contributed by atoms with Crippen molar-refractivity contribution >= 4 is 40.3 Å². The first-order valence-electron chi connectivity index (χ1n) is 5.19. The quantitative estimate of drug-likeness (QED) is 0.732. The highest BCUT2D eigenvalue weighted by Gasteiger charge is 2.13. The van der Waals surface area contributed by atoms with Gasteiger partial charge in [0.1, 0.15) is 4.34 Å². The van der Waals surface area contributed by atoms with Crippen molar-refractivity contribution in [2.75, 3.05) is 0 Å². The van der Waals surface area contributed by atoms with Gasteiger partial charge in [0, 0.05) is 12.0 Å². The number of ketones is 1. The summed E-state index contributed by atoms with van der Waals surface area (Å²) in [5.41, 5.74) is 1.69. The zero-order valence-corrected chi connectivity index (χ0v) is 11.3. The minimum Gasteiger partial charge on any atom is -0.294 e. The Morgan fingerprint density at radius 1 is 1.18 bits per heavy atom. The molecular formula is C13H10Cl2OS. The molecule has 0 saturated carbocycles. The van der Waals surface area contributed by atoms with Crippen molar-refractivity contribution in [1.29, 1.82) is 0 Å². The zero-order chi connectivity index (χ0) is 12.3. The van der Waals surface area contributed by atoms with Crippen LogP contribution in [-0.4, -0.2) is 5.78 Å². The van der Waals surface area contributed by atoms with Crippen molar-refractivity contribution < 1.29 is 4.79 Å². The van der Waals surface area contributed by atoms with Crippen molar-refractivity contribution in [1.82, 2.24) is 0 Å². The summed E-state index contributed by atoms with van der Waals surface area (Å²) in [6.45, 7) is 0. The number of hydrogen-bond donors (Lipinski definition) is 0. The van der Waals surface area contributed by atoms with Gasteiger partial charge in [0.2, 0.25) is 0 Å². The maximum Gasteiger partial charge on any atom is 0.165 e. The van der Waals surface area contributed by atoms with Crippen molar-refractivity contribution in [2.45, 2.75) is 12.8 Å². The highest BCUT2D eigenvalue weighted by atomic mass is 35.5. The first-order valence-corrected chi connectivity index (χ1v) is 6.76. The van der Waals surface area contributed by atoms with Gasteiger partial charge in [0.05, 0.1) is 4.34 Å². The monoisotopic (exact) mass is 284 g/mol. The highest BCUT2D eigenvalue weighted by molar-refractivity contribution is 7.20. The summed E-state index contributed by atoms with van der Waals surface area (Å²) in [4.78, 5) is 11.9. The third-order valence-corrected chi connectivity index (χ3v) is 3.93. The van der Waals surface area contributed by atoms with E-state index in [1.165, 1.54) is 11.3 Å². The summed E-state index contributed by atoms with van der Waals surface area (Å²) in [6, 6.07) is 11.6. The van der Waals surface area contributed by atoms with Crippen molar-refractivity contribution in [3.05, 3.63) is 56.2 Å². The van der Waals surface area contributed by atoms with Gasteiger partial charge in [0.15, 0.2) is 5.78 Å². The van der Waals surface area contributed by atoms with Gasteiger partial charge in [-0.1, -0.05) is 53.5 Å². The SMILES string of the molecule is O=C(CCc1ccccc1)c1cc(Cl)sc1Cl. The maximum absolute atomic E-state index is 11.9. The average Bonchev–Trinajstić information content (AvgIpc) is 2.67. The average molecular weight is 285 g/mol. The van der Waals surface area contributed by atoms with E-state index in [0.717, 1.165) is 12.0 Å².